The van der Waals surface area contributed by atoms with Crippen molar-refractivity contribution in [2.45, 2.75) is 85.7 Å². The third kappa shape index (κ3) is 14.3. The number of carbonyl (C=O) groups excluding carboxylic acids is 4. The highest BCUT2D eigenvalue weighted by molar-refractivity contribution is 5.88. The minimum atomic E-state index is -0.637. The smallest absolute Gasteiger partial charge is 0.315 e. The van der Waals surface area contributed by atoms with Gasteiger partial charge in [0.1, 0.15) is 12.1 Å². The minimum absolute atomic E-state index is 0.0667. The van der Waals surface area contributed by atoms with E-state index in [9.17, 15) is 19.2 Å². The first-order chi connectivity index (χ1) is 15.6. The average Bonchev–Trinajstić information content (AvgIpc) is 2.75. The van der Waals surface area contributed by atoms with E-state index in [1.54, 1.807) is 0 Å². The number of nitrogens with one attached hydrogen (secondary N) is 6. The number of hydrogen-bond donors (Lipinski definition) is 6. The Morgan fingerprint density at radius 2 is 0.879 bits per heavy atom. The van der Waals surface area contributed by atoms with Crippen LogP contribution in [0.5, 0.6) is 0 Å². The van der Waals surface area contributed by atoms with Gasteiger partial charge < -0.3 is 31.9 Å². The normalized spacial score (nSPS) is 12.6. The summed E-state index contributed by atoms with van der Waals surface area (Å²) in [4.78, 5) is 48.9. The van der Waals surface area contributed by atoms with Gasteiger partial charge in [-0.25, -0.2) is 9.59 Å². The van der Waals surface area contributed by atoms with Crippen LogP contribution in [0.1, 0.15) is 73.6 Å². The van der Waals surface area contributed by atoms with Gasteiger partial charge in [-0.3, -0.25) is 9.59 Å². The molecule has 6 N–H and O–H groups in total. The maximum Gasteiger partial charge on any atom is 0.315 e. The minimum Gasteiger partial charge on any atom is -0.354 e. The van der Waals surface area contributed by atoms with Crippen LogP contribution in [-0.2, 0) is 9.59 Å². The van der Waals surface area contributed by atoms with Crippen LogP contribution in [-0.4, -0.2) is 62.1 Å². The zero-order valence-electron chi connectivity index (χ0n) is 21.3. The number of urea groups is 2. The molecule has 10 nitrogen and oxygen atoms in total. The molecular weight excluding hydrogens is 424 g/mol. The third-order valence-electron chi connectivity index (χ3n) is 5.06. The van der Waals surface area contributed by atoms with Gasteiger partial charge in [0.15, 0.2) is 0 Å². The molecule has 0 rings (SSSR count). The van der Waals surface area contributed by atoms with Crippen LogP contribution < -0.4 is 31.9 Å². The van der Waals surface area contributed by atoms with E-state index in [4.69, 9.17) is 0 Å². The molecule has 0 bridgehead atoms. The molecule has 192 valence electrons. The monoisotopic (exact) mass is 470 g/mol. The van der Waals surface area contributed by atoms with Crippen molar-refractivity contribution in [3.8, 4) is 0 Å². The fourth-order valence-electron chi connectivity index (χ4n) is 2.94. The van der Waals surface area contributed by atoms with Crippen molar-refractivity contribution in [3.63, 3.8) is 0 Å². The Labute approximate surface area is 199 Å². The van der Waals surface area contributed by atoms with Crippen LogP contribution in [0, 0.1) is 11.8 Å². The molecule has 0 aromatic rings. The fraction of sp³-hybridized carbons (Fsp3) is 0.826. The van der Waals surface area contributed by atoms with Crippen LogP contribution in [0.3, 0.4) is 0 Å². The fourth-order valence-corrected chi connectivity index (χ4v) is 2.94. The van der Waals surface area contributed by atoms with Crippen molar-refractivity contribution in [2.24, 2.45) is 11.8 Å². The second-order valence-corrected chi connectivity index (χ2v) is 8.89. The molecule has 0 saturated heterocycles. The van der Waals surface area contributed by atoms with Crippen molar-refractivity contribution >= 4 is 23.9 Å². The first-order valence-corrected chi connectivity index (χ1v) is 12.3. The van der Waals surface area contributed by atoms with Gasteiger partial charge in [-0.15, -0.1) is 0 Å². The van der Waals surface area contributed by atoms with Crippen molar-refractivity contribution in [1.29, 1.82) is 0 Å². The second kappa shape index (κ2) is 18.0. The van der Waals surface area contributed by atoms with E-state index >= 15 is 0 Å². The molecule has 2 atom stereocenters. The Morgan fingerprint density at radius 3 is 1.18 bits per heavy atom. The number of rotatable bonds is 16. The number of hydrogen-bond acceptors (Lipinski definition) is 4. The Kier molecular flexibility index (Phi) is 16.6. The van der Waals surface area contributed by atoms with Crippen LogP contribution in [0.2, 0.25) is 0 Å². The second-order valence-electron chi connectivity index (χ2n) is 8.89. The van der Waals surface area contributed by atoms with Crippen LogP contribution in [0.25, 0.3) is 0 Å². The lowest BCUT2D eigenvalue weighted by Crippen LogP contribution is -2.53. The topological polar surface area (TPSA) is 140 Å². The van der Waals surface area contributed by atoms with Gasteiger partial charge in [0.2, 0.25) is 11.8 Å². The summed E-state index contributed by atoms with van der Waals surface area (Å²) < 4.78 is 0. The van der Waals surface area contributed by atoms with E-state index in [1.807, 2.05) is 41.5 Å². The zero-order chi connectivity index (χ0) is 25.2. The highest BCUT2D eigenvalue weighted by Crippen LogP contribution is 2.03. The number of carbonyl (C=O) groups is 4. The lowest BCUT2D eigenvalue weighted by atomic mass is 10.0. The summed E-state index contributed by atoms with van der Waals surface area (Å²) >= 11 is 0. The highest BCUT2D eigenvalue weighted by Gasteiger charge is 2.25. The van der Waals surface area contributed by atoms with Gasteiger partial charge in [0, 0.05) is 26.2 Å². The molecule has 0 saturated carbocycles. The number of amides is 6. The predicted molar refractivity (Wildman–Crippen MR) is 131 cm³/mol. The molecule has 0 aliphatic heterocycles. The molecule has 0 aliphatic carbocycles. The molecule has 0 radical (unpaired) electrons. The van der Waals surface area contributed by atoms with E-state index in [1.165, 1.54) is 0 Å². The predicted octanol–water partition coefficient (Wildman–Crippen LogP) is 1.86. The Morgan fingerprint density at radius 1 is 0.545 bits per heavy atom. The van der Waals surface area contributed by atoms with Crippen LogP contribution in [0.15, 0.2) is 0 Å². The molecule has 0 unspecified atom stereocenters. The lowest BCUT2D eigenvalue weighted by molar-refractivity contribution is -0.124. The first-order valence-electron chi connectivity index (χ1n) is 12.3. The maximum atomic E-state index is 12.5. The molecule has 0 heterocycles. The molecule has 0 spiro atoms. The van der Waals surface area contributed by atoms with E-state index in [0.29, 0.717) is 32.6 Å². The average molecular weight is 471 g/mol. The standard InChI is InChI=1S/C23H46N6O4/c1-7-9-12-26-22(32)28-18(16(3)4)20(30)24-14-11-15-25-21(31)19(17(5)6)29-23(33)27-13-10-8-2/h16-19H,7-15H2,1-6H3,(H,24,30)(H,25,31)(H2,26,28,32)(H2,27,29,33)/t18-,19-/m0/s1. The molecule has 0 aromatic carbocycles. The van der Waals surface area contributed by atoms with Crippen molar-refractivity contribution < 1.29 is 19.2 Å². The van der Waals surface area contributed by atoms with Crippen LogP contribution >= 0.6 is 0 Å². The van der Waals surface area contributed by atoms with Gasteiger partial charge in [0.25, 0.3) is 0 Å². The molecule has 0 aromatic heterocycles. The Bertz CT molecular complexity index is 548. The quantitative estimate of drug-likeness (QED) is 0.192. The summed E-state index contributed by atoms with van der Waals surface area (Å²) in [6.07, 6.45) is 4.25. The molecule has 6 amide bonds. The lowest BCUT2D eigenvalue weighted by Gasteiger charge is -2.23. The van der Waals surface area contributed by atoms with Crippen molar-refractivity contribution in [2.75, 3.05) is 26.2 Å². The van der Waals surface area contributed by atoms with Crippen molar-refractivity contribution in [1.82, 2.24) is 31.9 Å². The van der Waals surface area contributed by atoms with E-state index in [-0.39, 0.29) is 35.7 Å². The molecule has 10 heteroatoms. The number of unbranched alkanes of at least 4 members (excludes halogenated alkanes) is 2. The van der Waals surface area contributed by atoms with E-state index in [0.717, 1.165) is 25.7 Å². The molecular formula is C23H46N6O4. The summed E-state index contributed by atoms with van der Waals surface area (Å²) in [5.74, 6) is -0.647. The van der Waals surface area contributed by atoms with Crippen molar-refractivity contribution in [3.05, 3.63) is 0 Å². The van der Waals surface area contributed by atoms with Gasteiger partial charge in [-0.05, 0) is 31.1 Å². The Hall–Kier alpha value is -2.52. The summed E-state index contributed by atoms with van der Waals surface area (Å²) in [6, 6.07) is -1.98. The first kappa shape index (κ1) is 30.5. The van der Waals surface area contributed by atoms with Gasteiger partial charge in [0.05, 0.1) is 0 Å². The SMILES string of the molecule is CCCCNC(=O)N[C@H](C(=O)NCCCNC(=O)[C@@H](NC(=O)NCCCC)C(C)C)C(C)C. The third-order valence-corrected chi connectivity index (χ3v) is 5.06. The molecule has 0 fully saturated rings. The summed E-state index contributed by atoms with van der Waals surface area (Å²) in [5.41, 5.74) is 0. The summed E-state index contributed by atoms with van der Waals surface area (Å²) in [7, 11) is 0. The summed E-state index contributed by atoms with van der Waals surface area (Å²) in [6.45, 7) is 13.4. The van der Waals surface area contributed by atoms with Gasteiger partial charge in [-0.2, -0.15) is 0 Å². The van der Waals surface area contributed by atoms with E-state index in [2.05, 4.69) is 31.9 Å². The maximum absolute atomic E-state index is 12.5. The van der Waals surface area contributed by atoms with Crippen LogP contribution in [0.4, 0.5) is 9.59 Å². The van der Waals surface area contributed by atoms with Gasteiger partial charge >= 0.3 is 12.1 Å². The Balaban J connectivity index is 4.38. The molecule has 33 heavy (non-hydrogen) atoms. The van der Waals surface area contributed by atoms with Gasteiger partial charge in [-0.1, -0.05) is 54.4 Å². The van der Waals surface area contributed by atoms with E-state index < -0.39 is 12.1 Å². The molecule has 0 aliphatic rings. The highest BCUT2D eigenvalue weighted by atomic mass is 16.2. The largest absolute Gasteiger partial charge is 0.354 e. The zero-order valence-corrected chi connectivity index (χ0v) is 21.3. The summed E-state index contributed by atoms with van der Waals surface area (Å²) in [5, 5.41) is 16.6.